The third-order valence-electron chi connectivity index (χ3n) is 3.37. The molecule has 1 aromatic heterocycles. The molecule has 0 amide bonds. The van der Waals surface area contributed by atoms with Gasteiger partial charge in [0, 0.05) is 10.8 Å². The first-order chi connectivity index (χ1) is 9.83. The highest BCUT2D eigenvalue weighted by molar-refractivity contribution is 7.98. The van der Waals surface area contributed by atoms with Gasteiger partial charge >= 0.3 is 0 Å². The molecule has 0 bridgehead atoms. The molecule has 106 valence electrons. The normalized spacial score (nSPS) is 16.4. The molecule has 20 heavy (non-hydrogen) atoms. The van der Waals surface area contributed by atoms with Gasteiger partial charge in [-0.3, -0.25) is 0 Å². The third-order valence-corrected chi connectivity index (χ3v) is 4.88. The van der Waals surface area contributed by atoms with Crippen molar-refractivity contribution in [3.63, 3.8) is 0 Å². The number of thioether (sulfide) groups is 1. The predicted octanol–water partition coefficient (Wildman–Crippen LogP) is 3.48. The van der Waals surface area contributed by atoms with E-state index in [1.54, 1.807) is 11.8 Å². The summed E-state index contributed by atoms with van der Waals surface area (Å²) in [7, 11) is 0. The number of hydrogen-bond acceptors (Lipinski definition) is 5. The van der Waals surface area contributed by atoms with Crippen molar-refractivity contribution in [1.82, 2.24) is 15.5 Å². The Morgan fingerprint density at radius 1 is 1.30 bits per heavy atom. The third kappa shape index (κ3) is 3.34. The predicted molar refractivity (Wildman–Crippen MR) is 80.2 cm³/mol. The minimum absolute atomic E-state index is 0.405. The number of nitrogens with one attached hydrogen (secondary N) is 1. The maximum absolute atomic E-state index is 6.13. The molecule has 1 fully saturated rings. The maximum atomic E-state index is 6.13. The Kier molecular flexibility index (Phi) is 4.60. The van der Waals surface area contributed by atoms with Crippen LogP contribution in [0.4, 0.5) is 0 Å². The molecule has 0 radical (unpaired) electrons. The minimum Gasteiger partial charge on any atom is -0.339 e. The van der Waals surface area contributed by atoms with Gasteiger partial charge in [-0.05, 0) is 38.1 Å². The van der Waals surface area contributed by atoms with Crippen LogP contribution in [0.3, 0.4) is 0 Å². The molecular formula is C14H16ClN3OS. The van der Waals surface area contributed by atoms with Gasteiger partial charge in [0.15, 0.2) is 5.82 Å². The highest BCUT2D eigenvalue weighted by Gasteiger charge is 2.21. The lowest BCUT2D eigenvalue weighted by atomic mass is 9.98. The summed E-state index contributed by atoms with van der Waals surface area (Å²) >= 11 is 7.76. The summed E-state index contributed by atoms with van der Waals surface area (Å²) in [4.78, 5) is 5.55. The Morgan fingerprint density at radius 2 is 2.10 bits per heavy atom. The average molecular weight is 310 g/mol. The fourth-order valence-electron chi connectivity index (χ4n) is 2.26. The molecular weight excluding hydrogens is 294 g/mol. The molecule has 1 N–H and O–H groups in total. The van der Waals surface area contributed by atoms with Crippen LogP contribution in [0.15, 0.2) is 33.7 Å². The molecule has 0 unspecified atom stereocenters. The van der Waals surface area contributed by atoms with Crippen LogP contribution in [0.2, 0.25) is 5.02 Å². The lowest BCUT2D eigenvalue weighted by molar-refractivity contribution is 0.319. The van der Waals surface area contributed by atoms with Crippen molar-refractivity contribution < 1.29 is 4.52 Å². The molecule has 1 aromatic carbocycles. The van der Waals surface area contributed by atoms with Gasteiger partial charge in [0.05, 0.1) is 10.8 Å². The number of hydrogen-bond donors (Lipinski definition) is 1. The fraction of sp³-hybridized carbons (Fsp3) is 0.429. The monoisotopic (exact) mass is 309 g/mol. The zero-order chi connectivity index (χ0) is 13.8. The number of nitrogens with zero attached hydrogens (tertiary/aromatic N) is 2. The first kappa shape index (κ1) is 13.9. The van der Waals surface area contributed by atoms with E-state index in [1.807, 2.05) is 24.3 Å². The molecule has 0 saturated carbocycles. The van der Waals surface area contributed by atoms with Gasteiger partial charge in [-0.2, -0.15) is 4.98 Å². The van der Waals surface area contributed by atoms with E-state index in [1.165, 1.54) is 0 Å². The van der Waals surface area contributed by atoms with Gasteiger partial charge in [0.25, 0.3) is 0 Å². The summed E-state index contributed by atoms with van der Waals surface area (Å²) in [5, 5.41) is 8.16. The highest BCUT2D eigenvalue weighted by Crippen LogP contribution is 2.29. The number of rotatable bonds is 4. The number of benzene rings is 1. The van der Waals surface area contributed by atoms with E-state index in [0.717, 1.165) is 47.6 Å². The van der Waals surface area contributed by atoms with Crippen LogP contribution in [0.5, 0.6) is 0 Å². The summed E-state index contributed by atoms with van der Waals surface area (Å²) in [6.45, 7) is 2.05. The average Bonchev–Trinajstić information content (AvgIpc) is 2.96. The van der Waals surface area contributed by atoms with Gasteiger partial charge in [0.1, 0.15) is 0 Å². The van der Waals surface area contributed by atoms with E-state index in [-0.39, 0.29) is 0 Å². The molecule has 0 spiro atoms. The van der Waals surface area contributed by atoms with Crippen LogP contribution in [0.1, 0.15) is 30.5 Å². The van der Waals surface area contributed by atoms with Crippen molar-refractivity contribution in [1.29, 1.82) is 0 Å². The smallest absolute Gasteiger partial charge is 0.229 e. The summed E-state index contributed by atoms with van der Waals surface area (Å²) in [6, 6.07) is 7.79. The lowest BCUT2D eigenvalue weighted by Gasteiger charge is -2.18. The van der Waals surface area contributed by atoms with Crippen molar-refractivity contribution in [2.45, 2.75) is 29.4 Å². The van der Waals surface area contributed by atoms with E-state index >= 15 is 0 Å². The molecule has 2 aromatic rings. The number of aromatic nitrogens is 2. The second-order valence-corrected chi connectivity index (χ2v) is 6.22. The van der Waals surface area contributed by atoms with Crippen LogP contribution in [-0.4, -0.2) is 23.2 Å². The maximum Gasteiger partial charge on any atom is 0.229 e. The van der Waals surface area contributed by atoms with Gasteiger partial charge in [-0.15, -0.1) is 11.8 Å². The zero-order valence-electron chi connectivity index (χ0n) is 11.0. The van der Waals surface area contributed by atoms with Crippen molar-refractivity contribution in [3.05, 3.63) is 41.0 Å². The minimum atomic E-state index is 0.405. The van der Waals surface area contributed by atoms with Crippen LogP contribution in [-0.2, 0) is 5.75 Å². The Hall–Kier alpha value is -1.04. The lowest BCUT2D eigenvalue weighted by Crippen LogP contribution is -2.26. The van der Waals surface area contributed by atoms with Crippen LogP contribution >= 0.6 is 23.4 Å². The number of halogens is 1. The molecule has 3 rings (SSSR count). The zero-order valence-corrected chi connectivity index (χ0v) is 12.6. The first-order valence-electron chi connectivity index (χ1n) is 6.73. The second-order valence-electron chi connectivity index (χ2n) is 4.79. The molecule has 1 aliphatic heterocycles. The van der Waals surface area contributed by atoms with Crippen molar-refractivity contribution in [2.24, 2.45) is 0 Å². The first-order valence-corrected chi connectivity index (χ1v) is 8.10. The summed E-state index contributed by atoms with van der Waals surface area (Å²) < 4.78 is 5.39. The molecule has 1 aliphatic rings. The van der Waals surface area contributed by atoms with Gasteiger partial charge in [-0.1, -0.05) is 28.9 Å². The second kappa shape index (κ2) is 6.61. The topological polar surface area (TPSA) is 51.0 Å². The van der Waals surface area contributed by atoms with Crippen molar-refractivity contribution in [3.8, 4) is 0 Å². The van der Waals surface area contributed by atoms with Gasteiger partial charge in [-0.25, -0.2) is 0 Å². The molecule has 6 heteroatoms. The molecule has 0 aliphatic carbocycles. The summed E-state index contributed by atoms with van der Waals surface area (Å²) in [5.41, 5.74) is 0. The van der Waals surface area contributed by atoms with Gasteiger partial charge in [0.2, 0.25) is 5.89 Å². The molecule has 4 nitrogen and oxygen atoms in total. The van der Waals surface area contributed by atoms with Crippen molar-refractivity contribution >= 4 is 23.4 Å². The summed E-state index contributed by atoms with van der Waals surface area (Å²) in [6.07, 6.45) is 2.14. The van der Waals surface area contributed by atoms with Gasteiger partial charge < -0.3 is 9.84 Å². The number of piperidine rings is 1. The van der Waals surface area contributed by atoms with Crippen LogP contribution in [0, 0.1) is 0 Å². The molecule has 2 heterocycles. The van der Waals surface area contributed by atoms with Crippen LogP contribution in [0.25, 0.3) is 0 Å². The molecule has 1 saturated heterocycles. The largest absolute Gasteiger partial charge is 0.339 e. The standard InChI is InChI=1S/C14H16ClN3OS/c15-11-3-1-2-4-12(11)20-9-13-17-14(19-18-13)10-5-7-16-8-6-10/h1-4,10,16H,5-9H2. The van der Waals surface area contributed by atoms with Crippen molar-refractivity contribution in [2.75, 3.05) is 13.1 Å². The Balaban J connectivity index is 1.61. The highest BCUT2D eigenvalue weighted by atomic mass is 35.5. The van der Waals surface area contributed by atoms with E-state index in [2.05, 4.69) is 15.5 Å². The van der Waals surface area contributed by atoms with E-state index in [9.17, 15) is 0 Å². The molecule has 0 atom stereocenters. The summed E-state index contributed by atoms with van der Waals surface area (Å²) in [5.74, 6) is 2.60. The Morgan fingerprint density at radius 3 is 2.90 bits per heavy atom. The van der Waals surface area contributed by atoms with Crippen LogP contribution < -0.4 is 5.32 Å². The Labute approximate surface area is 127 Å². The fourth-order valence-corrected chi connectivity index (χ4v) is 3.35. The van der Waals surface area contributed by atoms with E-state index in [4.69, 9.17) is 16.1 Å². The quantitative estimate of drug-likeness (QED) is 0.876. The van der Waals surface area contributed by atoms with E-state index in [0.29, 0.717) is 11.7 Å². The Bertz CT molecular complexity index is 569. The van der Waals surface area contributed by atoms with E-state index < -0.39 is 0 Å². The SMILES string of the molecule is Clc1ccccc1SCc1noc(C2CCNCC2)n1.